The first kappa shape index (κ1) is 30.2. The SMILES string of the molecule is COc1ccccc1CN1C[C@@H]2N(C(=O)NCc3cc(C)cc(C(F)(F)F)c3)CCC(=O)N2[C@@H](CCN(C)C)C1=O. The number of rotatable bonds is 8. The van der Waals surface area contributed by atoms with E-state index in [1.807, 2.05) is 37.2 Å². The molecule has 2 saturated heterocycles. The molecule has 2 atom stereocenters. The van der Waals surface area contributed by atoms with E-state index in [1.54, 1.807) is 31.1 Å². The van der Waals surface area contributed by atoms with E-state index in [4.69, 9.17) is 4.74 Å². The van der Waals surface area contributed by atoms with Gasteiger partial charge in [0.15, 0.2) is 0 Å². The molecular weight excluding hydrogens is 539 g/mol. The quantitative estimate of drug-likeness (QED) is 0.522. The molecule has 0 radical (unpaired) electrons. The average Bonchev–Trinajstić information content (AvgIpc) is 2.91. The number of urea groups is 1. The predicted octanol–water partition coefficient (Wildman–Crippen LogP) is 3.46. The molecule has 1 N–H and O–H groups in total. The second-order valence-electron chi connectivity index (χ2n) is 10.7. The maximum atomic E-state index is 13.7. The van der Waals surface area contributed by atoms with Crippen molar-refractivity contribution >= 4 is 17.8 Å². The molecule has 2 aliphatic heterocycles. The summed E-state index contributed by atoms with van der Waals surface area (Å²) in [4.78, 5) is 46.9. The number of alkyl halides is 3. The number of ether oxygens (including phenoxy) is 1. The van der Waals surface area contributed by atoms with Gasteiger partial charge in [-0.2, -0.15) is 13.2 Å². The molecule has 0 unspecified atom stereocenters. The monoisotopic (exact) mass is 575 g/mol. The van der Waals surface area contributed by atoms with Crippen molar-refractivity contribution in [2.24, 2.45) is 0 Å². The molecule has 2 aromatic carbocycles. The van der Waals surface area contributed by atoms with Crippen molar-refractivity contribution in [1.82, 2.24) is 24.9 Å². The van der Waals surface area contributed by atoms with Crippen molar-refractivity contribution in [3.8, 4) is 5.75 Å². The van der Waals surface area contributed by atoms with Gasteiger partial charge < -0.3 is 29.7 Å². The number of benzene rings is 2. The molecule has 2 heterocycles. The summed E-state index contributed by atoms with van der Waals surface area (Å²) >= 11 is 0. The highest BCUT2D eigenvalue weighted by molar-refractivity contribution is 5.91. The van der Waals surface area contributed by atoms with E-state index in [2.05, 4.69) is 5.32 Å². The van der Waals surface area contributed by atoms with Crippen LogP contribution < -0.4 is 10.1 Å². The number of nitrogens with zero attached hydrogens (tertiary/aromatic N) is 4. The van der Waals surface area contributed by atoms with Crippen LogP contribution in [0.15, 0.2) is 42.5 Å². The van der Waals surface area contributed by atoms with Crippen molar-refractivity contribution in [2.45, 2.75) is 51.2 Å². The summed E-state index contributed by atoms with van der Waals surface area (Å²) < 4.78 is 45.4. The number of carbonyl (C=O) groups is 3. The van der Waals surface area contributed by atoms with Gasteiger partial charge in [0.1, 0.15) is 18.0 Å². The normalized spacial score (nSPS) is 19.5. The number of carbonyl (C=O) groups excluding carboxylic acids is 3. The van der Waals surface area contributed by atoms with E-state index in [0.717, 1.165) is 17.7 Å². The highest BCUT2D eigenvalue weighted by atomic mass is 19.4. The van der Waals surface area contributed by atoms with Crippen LogP contribution in [0.2, 0.25) is 0 Å². The number of amides is 4. The van der Waals surface area contributed by atoms with Crippen LogP contribution in [0.3, 0.4) is 0 Å². The lowest BCUT2D eigenvalue weighted by atomic mass is 10.0. The maximum Gasteiger partial charge on any atom is 0.416 e. The van der Waals surface area contributed by atoms with Crippen LogP contribution in [-0.4, -0.2) is 90.5 Å². The first-order valence-corrected chi connectivity index (χ1v) is 13.5. The van der Waals surface area contributed by atoms with Gasteiger partial charge in [0, 0.05) is 31.6 Å². The van der Waals surface area contributed by atoms with E-state index in [1.165, 1.54) is 9.80 Å². The third-order valence-electron chi connectivity index (χ3n) is 7.42. The summed E-state index contributed by atoms with van der Waals surface area (Å²) in [5.74, 6) is 0.212. The maximum absolute atomic E-state index is 13.7. The molecule has 0 aliphatic carbocycles. The van der Waals surface area contributed by atoms with Crippen molar-refractivity contribution in [3.63, 3.8) is 0 Å². The summed E-state index contributed by atoms with van der Waals surface area (Å²) in [5, 5.41) is 2.73. The highest BCUT2D eigenvalue weighted by Gasteiger charge is 2.48. The Kier molecular flexibility index (Phi) is 9.11. The van der Waals surface area contributed by atoms with E-state index < -0.39 is 30.0 Å². The van der Waals surface area contributed by atoms with Crippen LogP contribution in [0, 0.1) is 6.92 Å². The molecule has 41 heavy (non-hydrogen) atoms. The molecule has 0 spiro atoms. The number of hydrogen-bond acceptors (Lipinski definition) is 5. The van der Waals surface area contributed by atoms with Crippen LogP contribution in [-0.2, 0) is 28.9 Å². The Morgan fingerprint density at radius 2 is 1.88 bits per heavy atom. The average molecular weight is 576 g/mol. The Morgan fingerprint density at radius 1 is 1.15 bits per heavy atom. The summed E-state index contributed by atoms with van der Waals surface area (Å²) in [6.07, 6.45) is -4.79. The van der Waals surface area contributed by atoms with Gasteiger partial charge in [-0.05, 0) is 57.7 Å². The van der Waals surface area contributed by atoms with Crippen LogP contribution in [0.25, 0.3) is 0 Å². The van der Waals surface area contributed by atoms with Gasteiger partial charge >= 0.3 is 12.2 Å². The number of methoxy groups -OCH3 is 1. The molecule has 4 amide bonds. The lowest BCUT2D eigenvalue weighted by Gasteiger charge is -2.52. The number of piperazine rings is 1. The first-order valence-electron chi connectivity index (χ1n) is 13.5. The Labute approximate surface area is 237 Å². The number of fused-ring (bicyclic) bond motifs is 1. The van der Waals surface area contributed by atoms with E-state index in [-0.39, 0.29) is 44.4 Å². The minimum atomic E-state index is -4.50. The van der Waals surface area contributed by atoms with Gasteiger partial charge in [-0.25, -0.2) is 4.79 Å². The second kappa shape index (κ2) is 12.4. The fraction of sp³-hybridized carbons (Fsp3) is 0.483. The number of hydrogen-bond donors (Lipinski definition) is 1. The molecule has 2 fully saturated rings. The molecule has 0 saturated carbocycles. The largest absolute Gasteiger partial charge is 0.496 e. The third-order valence-corrected chi connectivity index (χ3v) is 7.42. The molecule has 0 aromatic heterocycles. The molecule has 2 aromatic rings. The number of nitrogens with one attached hydrogen (secondary N) is 1. The first-order chi connectivity index (χ1) is 19.4. The second-order valence-corrected chi connectivity index (χ2v) is 10.7. The summed E-state index contributed by atoms with van der Waals surface area (Å²) in [6.45, 7) is 2.46. The van der Waals surface area contributed by atoms with Gasteiger partial charge in [0.25, 0.3) is 0 Å². The lowest BCUT2D eigenvalue weighted by Crippen LogP contribution is -2.72. The summed E-state index contributed by atoms with van der Waals surface area (Å²) in [5.41, 5.74) is 0.760. The van der Waals surface area contributed by atoms with Gasteiger partial charge in [-0.15, -0.1) is 0 Å². The van der Waals surface area contributed by atoms with Gasteiger partial charge in [-0.3, -0.25) is 9.59 Å². The van der Waals surface area contributed by atoms with Crippen LogP contribution >= 0.6 is 0 Å². The minimum absolute atomic E-state index is 0.0465. The molecule has 12 heteroatoms. The van der Waals surface area contributed by atoms with Gasteiger partial charge in [0.05, 0.1) is 19.2 Å². The van der Waals surface area contributed by atoms with Crippen molar-refractivity contribution in [2.75, 3.05) is 40.8 Å². The standard InChI is InChI=1S/C29H36F3N5O4/c1-19-13-20(15-22(14-19)29(30,31)32)16-33-28(40)36-12-10-26(38)37-23(9-11-34(2)3)27(39)35(18-25(36)37)17-21-7-5-6-8-24(21)41-4/h5-8,13-15,23,25H,9-12,16-18H2,1-4H3,(H,33,40)/t23-,25+/m0/s1. The predicted molar refractivity (Wildman–Crippen MR) is 146 cm³/mol. The van der Waals surface area contributed by atoms with Gasteiger partial charge in [0.2, 0.25) is 11.8 Å². The lowest BCUT2D eigenvalue weighted by molar-refractivity contribution is -0.167. The topological polar surface area (TPSA) is 85.4 Å². The smallest absolute Gasteiger partial charge is 0.416 e. The van der Waals surface area contributed by atoms with E-state index in [0.29, 0.717) is 29.8 Å². The molecule has 0 bridgehead atoms. The minimum Gasteiger partial charge on any atom is -0.496 e. The fourth-order valence-electron chi connectivity index (χ4n) is 5.46. The number of para-hydroxylation sites is 1. The van der Waals surface area contributed by atoms with Crippen LogP contribution in [0.5, 0.6) is 5.75 Å². The summed E-state index contributed by atoms with van der Waals surface area (Å²) in [6, 6.07) is 9.74. The Balaban J connectivity index is 1.58. The zero-order valence-electron chi connectivity index (χ0n) is 23.7. The molecular formula is C29H36F3N5O4. The third kappa shape index (κ3) is 6.92. The Bertz CT molecular complexity index is 1290. The molecule has 9 nitrogen and oxygen atoms in total. The zero-order valence-corrected chi connectivity index (χ0v) is 23.7. The summed E-state index contributed by atoms with van der Waals surface area (Å²) in [7, 11) is 5.31. The number of aryl methyl sites for hydroxylation is 1. The van der Waals surface area contributed by atoms with Crippen LogP contribution in [0.1, 0.15) is 35.1 Å². The Morgan fingerprint density at radius 3 is 2.56 bits per heavy atom. The molecule has 2 aliphatic rings. The zero-order chi connectivity index (χ0) is 29.9. The van der Waals surface area contributed by atoms with Crippen molar-refractivity contribution < 1.29 is 32.3 Å². The van der Waals surface area contributed by atoms with Gasteiger partial charge in [-0.1, -0.05) is 29.8 Å². The van der Waals surface area contributed by atoms with Crippen LogP contribution in [0.4, 0.5) is 18.0 Å². The number of halogens is 3. The fourth-order valence-corrected chi connectivity index (χ4v) is 5.46. The molecule has 4 rings (SSSR count). The van der Waals surface area contributed by atoms with Crippen molar-refractivity contribution in [1.29, 1.82) is 0 Å². The highest BCUT2D eigenvalue weighted by Crippen LogP contribution is 2.32. The van der Waals surface area contributed by atoms with Crippen molar-refractivity contribution in [3.05, 3.63) is 64.7 Å². The van der Waals surface area contributed by atoms with E-state index >= 15 is 0 Å². The van der Waals surface area contributed by atoms with E-state index in [9.17, 15) is 27.6 Å². The Hall–Kier alpha value is -3.80. The molecule has 222 valence electrons.